The number of hydrogen-bond acceptors (Lipinski definition) is 3. The average molecular weight is 377 g/mol. The highest BCUT2D eigenvalue weighted by atomic mass is 79.9. The number of nitrogens with zero attached hydrogens (tertiary/aromatic N) is 1. The number of nitriles is 1. The van der Waals surface area contributed by atoms with Crippen LogP contribution in [0.5, 0.6) is 0 Å². The third kappa shape index (κ3) is 4.46. The normalized spacial score (nSPS) is 12.2. The Morgan fingerprint density at radius 3 is 2.47 bits per heavy atom. The molecule has 0 saturated carbocycles. The molecule has 1 aromatic rings. The first-order valence-corrected chi connectivity index (χ1v) is 7.80. The van der Waals surface area contributed by atoms with E-state index in [2.05, 4.69) is 38.8 Å². The molecular weight excluding hydrogens is 366 g/mol. The molecular formula is C12H11Br2NOS. The van der Waals surface area contributed by atoms with E-state index in [-0.39, 0.29) is 15.3 Å². The van der Waals surface area contributed by atoms with Crippen LogP contribution in [-0.4, -0.2) is 15.3 Å². The van der Waals surface area contributed by atoms with Gasteiger partial charge in [0, 0.05) is 11.5 Å². The van der Waals surface area contributed by atoms with Crippen LogP contribution in [0.2, 0.25) is 0 Å². The highest BCUT2D eigenvalue weighted by Gasteiger charge is 2.13. The van der Waals surface area contributed by atoms with E-state index in [1.54, 1.807) is 0 Å². The van der Waals surface area contributed by atoms with E-state index in [4.69, 9.17) is 5.26 Å². The molecule has 0 spiro atoms. The molecule has 0 heterocycles. The summed E-state index contributed by atoms with van der Waals surface area (Å²) < 4.78 is 0.214. The molecule has 0 bridgehead atoms. The molecule has 0 saturated heterocycles. The van der Waals surface area contributed by atoms with E-state index in [1.165, 1.54) is 0 Å². The van der Waals surface area contributed by atoms with Gasteiger partial charge in [-0.2, -0.15) is 5.26 Å². The Balaban J connectivity index is 2.75. The fourth-order valence-corrected chi connectivity index (χ4v) is 2.27. The van der Waals surface area contributed by atoms with Gasteiger partial charge in [0.15, 0.2) is 5.78 Å². The lowest BCUT2D eigenvalue weighted by Crippen LogP contribution is -2.04. The predicted octanol–water partition coefficient (Wildman–Crippen LogP) is 4.30. The van der Waals surface area contributed by atoms with Gasteiger partial charge in [0.2, 0.25) is 0 Å². The number of hydrogen-bond donors (Lipinski definition) is 0. The summed E-state index contributed by atoms with van der Waals surface area (Å²) in [5, 5.41) is 10.3. The van der Waals surface area contributed by atoms with E-state index in [9.17, 15) is 4.79 Å². The van der Waals surface area contributed by atoms with Gasteiger partial charge < -0.3 is 0 Å². The Morgan fingerprint density at radius 2 is 2.00 bits per heavy atom. The van der Waals surface area contributed by atoms with Crippen molar-refractivity contribution < 1.29 is 4.79 Å². The maximum atomic E-state index is 11.6. The van der Waals surface area contributed by atoms with Crippen LogP contribution in [-0.2, 0) is 0 Å². The molecule has 0 amide bonds. The number of Topliss-reactive ketones (excluding diaryl/α,β-unsaturated/α-hetero) is 1. The van der Waals surface area contributed by atoms with Gasteiger partial charge in [-0.1, -0.05) is 63.0 Å². The van der Waals surface area contributed by atoms with Crippen molar-refractivity contribution in [3.63, 3.8) is 0 Å². The van der Waals surface area contributed by atoms with Gasteiger partial charge in [-0.25, -0.2) is 0 Å². The molecule has 2 nitrogen and oxygen atoms in total. The lowest BCUT2D eigenvalue weighted by atomic mass is 10.0. The first kappa shape index (κ1) is 14.7. The fraction of sp³-hybridized carbons (Fsp3) is 0.333. The van der Waals surface area contributed by atoms with Gasteiger partial charge >= 0.3 is 0 Å². The summed E-state index contributed by atoms with van der Waals surface area (Å²) in [5.74, 6) is 0.530. The number of carbonyl (C=O) groups is 1. The van der Waals surface area contributed by atoms with Crippen molar-refractivity contribution in [3.05, 3.63) is 35.4 Å². The van der Waals surface area contributed by atoms with Crippen LogP contribution < -0.4 is 0 Å². The van der Waals surface area contributed by atoms with E-state index >= 15 is 0 Å². The van der Waals surface area contributed by atoms with Gasteiger partial charge in [0.1, 0.15) is 5.40 Å². The maximum Gasteiger partial charge on any atom is 0.173 e. The fourth-order valence-electron chi connectivity index (χ4n) is 1.30. The number of benzene rings is 1. The lowest BCUT2D eigenvalue weighted by molar-refractivity contribution is 0.102. The van der Waals surface area contributed by atoms with Crippen molar-refractivity contribution in [3.8, 4) is 5.40 Å². The minimum atomic E-state index is -0.00927. The first-order chi connectivity index (χ1) is 8.06. The van der Waals surface area contributed by atoms with Crippen LogP contribution in [0, 0.1) is 10.7 Å². The highest BCUT2D eigenvalue weighted by molar-refractivity contribution is 9.24. The molecule has 17 heavy (non-hydrogen) atoms. The summed E-state index contributed by atoms with van der Waals surface area (Å²) in [5.41, 5.74) is 1.82. The van der Waals surface area contributed by atoms with Crippen LogP contribution in [0.25, 0.3) is 0 Å². The molecule has 0 aromatic heterocycles. The van der Waals surface area contributed by atoms with Crippen LogP contribution in [0.3, 0.4) is 0 Å². The monoisotopic (exact) mass is 375 g/mol. The number of thioether (sulfide) groups is 1. The molecule has 1 rings (SSSR count). The summed E-state index contributed by atoms with van der Waals surface area (Å²) in [6, 6.07) is 7.53. The zero-order valence-corrected chi connectivity index (χ0v) is 13.2. The molecule has 0 aliphatic heterocycles. The van der Waals surface area contributed by atoms with Crippen molar-refractivity contribution in [2.45, 2.75) is 16.6 Å². The standard InChI is InChI=1S/C12H11Br2NOS/c1-8(12(13)14)9-2-4-10(5-3-9)11(16)6-17-7-15/h2-5,8,12H,6H2,1H3. The summed E-state index contributed by atoms with van der Waals surface area (Å²) in [6.45, 7) is 2.09. The maximum absolute atomic E-state index is 11.6. The SMILES string of the molecule is CC(c1ccc(C(=O)CSC#N)cc1)C(Br)Br. The Kier molecular flexibility index (Phi) is 6.24. The zero-order valence-electron chi connectivity index (χ0n) is 9.19. The summed E-state index contributed by atoms with van der Waals surface area (Å²) >= 11 is 7.90. The van der Waals surface area contributed by atoms with Gasteiger partial charge in [0.25, 0.3) is 0 Å². The second-order valence-corrected chi connectivity index (χ2v) is 7.51. The highest BCUT2D eigenvalue weighted by Crippen LogP contribution is 2.28. The molecule has 5 heteroatoms. The Labute approximate surface area is 122 Å². The van der Waals surface area contributed by atoms with Crippen molar-refractivity contribution >= 4 is 49.4 Å². The number of halogens is 2. The van der Waals surface area contributed by atoms with Crippen LogP contribution in [0.1, 0.15) is 28.8 Å². The topological polar surface area (TPSA) is 40.9 Å². The molecule has 0 fully saturated rings. The molecule has 0 aliphatic carbocycles. The molecule has 0 radical (unpaired) electrons. The number of thiocyanates is 1. The number of alkyl halides is 2. The minimum absolute atomic E-state index is 0.00927. The Morgan fingerprint density at radius 1 is 1.41 bits per heavy atom. The van der Waals surface area contributed by atoms with Gasteiger partial charge in [-0.15, -0.1) is 0 Å². The Bertz CT molecular complexity index is 425. The summed E-state index contributed by atoms with van der Waals surface area (Å²) in [4.78, 5) is 11.6. The molecule has 1 atom stereocenters. The van der Waals surface area contributed by atoms with E-state index in [1.807, 2.05) is 29.7 Å². The quantitative estimate of drug-likeness (QED) is 0.437. The molecule has 1 aromatic carbocycles. The Hall–Kier alpha value is -0.310. The van der Waals surface area contributed by atoms with Crippen LogP contribution in [0.4, 0.5) is 0 Å². The molecule has 1 unspecified atom stereocenters. The largest absolute Gasteiger partial charge is 0.293 e. The van der Waals surface area contributed by atoms with Crippen LogP contribution >= 0.6 is 43.6 Å². The second-order valence-electron chi connectivity index (χ2n) is 3.55. The predicted molar refractivity (Wildman–Crippen MR) is 78.9 cm³/mol. The van der Waals surface area contributed by atoms with E-state index in [0.717, 1.165) is 17.3 Å². The smallest absolute Gasteiger partial charge is 0.173 e. The van der Waals surface area contributed by atoms with Gasteiger partial charge in [0.05, 0.1) is 9.49 Å². The van der Waals surface area contributed by atoms with Crippen molar-refractivity contribution in [2.24, 2.45) is 0 Å². The van der Waals surface area contributed by atoms with E-state index in [0.29, 0.717) is 11.5 Å². The van der Waals surface area contributed by atoms with Crippen molar-refractivity contribution in [1.82, 2.24) is 0 Å². The second kappa shape index (κ2) is 7.20. The number of carbonyl (C=O) groups excluding carboxylic acids is 1. The third-order valence-electron chi connectivity index (χ3n) is 2.40. The number of ketones is 1. The van der Waals surface area contributed by atoms with Crippen molar-refractivity contribution in [2.75, 3.05) is 5.75 Å². The third-order valence-corrected chi connectivity index (χ3v) is 4.53. The first-order valence-electron chi connectivity index (χ1n) is 4.98. The zero-order chi connectivity index (χ0) is 12.8. The van der Waals surface area contributed by atoms with Crippen molar-refractivity contribution in [1.29, 1.82) is 5.26 Å². The summed E-state index contributed by atoms with van der Waals surface area (Å²) in [7, 11) is 0. The average Bonchev–Trinajstić information content (AvgIpc) is 2.35. The van der Waals surface area contributed by atoms with Gasteiger partial charge in [-0.05, 0) is 17.3 Å². The minimum Gasteiger partial charge on any atom is -0.293 e. The number of rotatable bonds is 5. The van der Waals surface area contributed by atoms with Crippen LogP contribution in [0.15, 0.2) is 24.3 Å². The van der Waals surface area contributed by atoms with Gasteiger partial charge in [-0.3, -0.25) is 4.79 Å². The van der Waals surface area contributed by atoms with E-state index < -0.39 is 0 Å². The lowest BCUT2D eigenvalue weighted by Gasteiger charge is -2.13. The summed E-state index contributed by atoms with van der Waals surface area (Å²) in [6.07, 6.45) is 0. The molecule has 0 aliphatic rings. The molecule has 0 N–H and O–H groups in total. The molecule has 90 valence electrons.